The molecule has 4 aromatic rings. The second-order valence-electron chi connectivity index (χ2n) is 7.99. The number of nitrogens with one attached hydrogen (secondary N) is 1. The largest absolute Gasteiger partial charge is 0.332 e. The third-order valence-electron chi connectivity index (χ3n) is 5.53. The number of fused-ring (bicyclic) bond motifs is 1. The molecule has 0 saturated carbocycles. The van der Waals surface area contributed by atoms with E-state index < -0.39 is 21.4 Å². The first kappa shape index (κ1) is 26.9. The molecule has 2 aromatic carbocycles. The molecule has 0 saturated heterocycles. The first-order valence-corrected chi connectivity index (χ1v) is 13.4. The summed E-state index contributed by atoms with van der Waals surface area (Å²) in [5, 5.41) is 1.22. The van der Waals surface area contributed by atoms with Gasteiger partial charge in [-0.05, 0) is 43.3 Å². The van der Waals surface area contributed by atoms with Crippen LogP contribution < -0.4 is 16.0 Å². The van der Waals surface area contributed by atoms with Crippen LogP contribution in [0.2, 0.25) is 15.1 Å². The lowest BCUT2D eigenvalue weighted by Gasteiger charge is -2.15. The number of pyridine rings is 2. The maximum Gasteiger partial charge on any atom is 0.272 e. The van der Waals surface area contributed by atoms with Crippen molar-refractivity contribution < 1.29 is 13.2 Å². The van der Waals surface area contributed by atoms with Crippen LogP contribution in [0.3, 0.4) is 0 Å². The van der Waals surface area contributed by atoms with Gasteiger partial charge in [0.15, 0.2) is 0 Å². The molecule has 0 unspecified atom stereocenters. The molecule has 2 aromatic heterocycles. The summed E-state index contributed by atoms with van der Waals surface area (Å²) in [5.41, 5.74) is 1.02. The number of anilines is 1. The molecule has 0 aliphatic carbocycles. The molecule has 0 bridgehead atoms. The van der Waals surface area contributed by atoms with Crippen molar-refractivity contribution >= 4 is 67.5 Å². The number of nitrogens with two attached hydrogens (primary N) is 1. The number of amides is 1. The van der Waals surface area contributed by atoms with Crippen molar-refractivity contribution in [3.63, 3.8) is 0 Å². The molecule has 2 heterocycles. The minimum Gasteiger partial charge on any atom is -0.332 e. The molecule has 192 valence electrons. The predicted molar refractivity (Wildman–Crippen MR) is 146 cm³/mol. The Morgan fingerprint density at radius 2 is 1.84 bits per heavy atom. The van der Waals surface area contributed by atoms with Crippen molar-refractivity contribution in [3.8, 4) is 11.3 Å². The Bertz CT molecular complexity index is 1720. The number of aromatic nitrogens is 2. The Morgan fingerprint density at radius 1 is 1.11 bits per heavy atom. The van der Waals surface area contributed by atoms with Crippen LogP contribution >= 0.6 is 34.8 Å². The Hall–Kier alpha value is -3.15. The normalized spacial score (nSPS) is 11.5. The standard InChI is InChI=1S/C24H20Cl3N5O4S/c1-3-32-12-15(24(34)31(2)28)22(33)14-8-10-18(29-23(14)32)13-7-9-19(17(26)11-13)30-37(35,36)20-6-4-5-16(25)21(20)27/h4-12,30H,3,28H2,1-2H3. The average Bonchev–Trinajstić information content (AvgIpc) is 2.86. The molecular weight excluding hydrogens is 561 g/mol. The number of hydrogen-bond donors (Lipinski definition) is 2. The number of carbonyl (C=O) groups excluding carboxylic acids is 1. The van der Waals surface area contributed by atoms with E-state index in [-0.39, 0.29) is 36.6 Å². The smallest absolute Gasteiger partial charge is 0.272 e. The van der Waals surface area contributed by atoms with E-state index in [1.54, 1.807) is 28.8 Å². The molecule has 0 atom stereocenters. The summed E-state index contributed by atoms with van der Waals surface area (Å²) >= 11 is 18.4. The molecule has 3 N–H and O–H groups in total. The fraction of sp³-hybridized carbons (Fsp3) is 0.125. The molecule has 1 amide bonds. The van der Waals surface area contributed by atoms with E-state index in [9.17, 15) is 18.0 Å². The quantitative estimate of drug-likeness (QED) is 0.192. The van der Waals surface area contributed by atoms with Gasteiger partial charge in [0.05, 0.1) is 31.8 Å². The highest BCUT2D eigenvalue weighted by molar-refractivity contribution is 7.92. The van der Waals surface area contributed by atoms with E-state index in [1.807, 2.05) is 6.92 Å². The van der Waals surface area contributed by atoms with E-state index in [2.05, 4.69) is 9.71 Å². The van der Waals surface area contributed by atoms with Crippen LogP contribution in [-0.2, 0) is 16.6 Å². The molecule has 0 radical (unpaired) electrons. The number of nitrogens with zero attached hydrogens (tertiary/aromatic N) is 3. The summed E-state index contributed by atoms with van der Waals surface area (Å²) in [5.74, 6) is 4.93. The molecular formula is C24H20Cl3N5O4S. The van der Waals surface area contributed by atoms with E-state index in [0.717, 1.165) is 5.01 Å². The lowest BCUT2D eigenvalue weighted by atomic mass is 10.1. The second kappa shape index (κ2) is 10.3. The Morgan fingerprint density at radius 3 is 2.49 bits per heavy atom. The molecule has 4 rings (SSSR count). The minimum absolute atomic E-state index is 0.0617. The summed E-state index contributed by atoms with van der Waals surface area (Å²) in [6, 6.07) is 12.1. The predicted octanol–water partition coefficient (Wildman–Crippen LogP) is 4.79. The minimum atomic E-state index is -4.07. The van der Waals surface area contributed by atoms with Crippen molar-refractivity contribution in [2.45, 2.75) is 18.4 Å². The molecule has 0 spiro atoms. The maximum absolute atomic E-state index is 12.9. The van der Waals surface area contributed by atoms with Gasteiger partial charge in [0.1, 0.15) is 16.1 Å². The van der Waals surface area contributed by atoms with Gasteiger partial charge in [-0.15, -0.1) is 0 Å². The van der Waals surface area contributed by atoms with Crippen LogP contribution in [0, 0.1) is 0 Å². The zero-order valence-electron chi connectivity index (χ0n) is 19.5. The van der Waals surface area contributed by atoms with E-state index >= 15 is 0 Å². The molecule has 9 nitrogen and oxygen atoms in total. The SMILES string of the molecule is CCn1cc(C(=O)N(C)N)c(=O)c2ccc(-c3ccc(NS(=O)(=O)c4cccc(Cl)c4Cl)c(Cl)c3)nc21. The number of hydrazine groups is 1. The monoisotopic (exact) mass is 579 g/mol. The highest BCUT2D eigenvalue weighted by Gasteiger charge is 2.22. The van der Waals surface area contributed by atoms with Gasteiger partial charge in [-0.1, -0.05) is 46.9 Å². The van der Waals surface area contributed by atoms with Gasteiger partial charge in [0.2, 0.25) is 5.43 Å². The zero-order chi connectivity index (χ0) is 27.1. The molecule has 13 heteroatoms. The first-order chi connectivity index (χ1) is 17.4. The van der Waals surface area contributed by atoms with Crippen LogP contribution in [0.5, 0.6) is 0 Å². The summed E-state index contributed by atoms with van der Waals surface area (Å²) in [7, 11) is -2.71. The van der Waals surface area contributed by atoms with Crippen LogP contribution in [-0.4, -0.2) is 35.9 Å². The summed E-state index contributed by atoms with van der Waals surface area (Å²) in [6.45, 7) is 2.29. The van der Waals surface area contributed by atoms with Gasteiger partial charge >= 0.3 is 0 Å². The highest BCUT2D eigenvalue weighted by atomic mass is 35.5. The Balaban J connectivity index is 1.73. The van der Waals surface area contributed by atoms with Gasteiger partial charge in [-0.3, -0.25) is 19.3 Å². The van der Waals surface area contributed by atoms with Crippen LogP contribution in [0.1, 0.15) is 17.3 Å². The number of carbonyl (C=O) groups is 1. The van der Waals surface area contributed by atoms with Gasteiger partial charge in [0, 0.05) is 25.4 Å². The lowest BCUT2D eigenvalue weighted by Crippen LogP contribution is -2.36. The Labute approximate surface area is 227 Å². The molecule has 0 fully saturated rings. The number of rotatable bonds is 6. The van der Waals surface area contributed by atoms with Crippen molar-refractivity contribution in [2.24, 2.45) is 5.84 Å². The van der Waals surface area contributed by atoms with Crippen LogP contribution in [0.15, 0.2) is 64.4 Å². The fourth-order valence-corrected chi connectivity index (χ4v) is 5.78. The topological polar surface area (TPSA) is 127 Å². The van der Waals surface area contributed by atoms with Crippen molar-refractivity contribution in [3.05, 3.63) is 85.6 Å². The average molecular weight is 581 g/mol. The Kier molecular flexibility index (Phi) is 7.50. The number of benzene rings is 2. The fourth-order valence-electron chi connectivity index (χ4n) is 3.66. The zero-order valence-corrected chi connectivity index (χ0v) is 22.6. The number of aryl methyl sites for hydroxylation is 1. The number of sulfonamides is 1. The van der Waals surface area contributed by atoms with Gasteiger partial charge in [-0.2, -0.15) is 0 Å². The van der Waals surface area contributed by atoms with E-state index in [1.165, 1.54) is 37.5 Å². The second-order valence-corrected chi connectivity index (χ2v) is 10.8. The number of halogens is 3. The maximum atomic E-state index is 12.9. The third kappa shape index (κ3) is 5.16. The van der Waals surface area contributed by atoms with Gasteiger partial charge < -0.3 is 4.57 Å². The van der Waals surface area contributed by atoms with Crippen molar-refractivity contribution in [1.29, 1.82) is 0 Å². The van der Waals surface area contributed by atoms with Crippen molar-refractivity contribution in [1.82, 2.24) is 14.6 Å². The van der Waals surface area contributed by atoms with Crippen LogP contribution in [0.4, 0.5) is 5.69 Å². The first-order valence-electron chi connectivity index (χ1n) is 10.8. The molecule has 37 heavy (non-hydrogen) atoms. The van der Waals surface area contributed by atoms with E-state index in [4.69, 9.17) is 40.6 Å². The van der Waals surface area contributed by atoms with E-state index in [0.29, 0.717) is 23.4 Å². The third-order valence-corrected chi connectivity index (χ3v) is 8.18. The van der Waals surface area contributed by atoms with Crippen molar-refractivity contribution in [2.75, 3.05) is 11.8 Å². The number of hydrogen-bond acceptors (Lipinski definition) is 6. The summed E-state index contributed by atoms with van der Waals surface area (Å²) in [6.07, 6.45) is 1.43. The lowest BCUT2D eigenvalue weighted by molar-refractivity contribution is 0.0793. The summed E-state index contributed by atoms with van der Waals surface area (Å²) in [4.78, 5) is 29.7. The van der Waals surface area contributed by atoms with Crippen LogP contribution in [0.25, 0.3) is 22.3 Å². The highest BCUT2D eigenvalue weighted by Crippen LogP contribution is 2.33. The van der Waals surface area contributed by atoms with Gasteiger partial charge in [-0.25, -0.2) is 19.2 Å². The molecule has 0 aliphatic rings. The summed E-state index contributed by atoms with van der Waals surface area (Å²) < 4.78 is 29.8. The molecule has 0 aliphatic heterocycles. The van der Waals surface area contributed by atoms with Gasteiger partial charge in [0.25, 0.3) is 15.9 Å².